The van der Waals surface area contributed by atoms with Gasteiger partial charge in [0.1, 0.15) is 51.5 Å². The van der Waals surface area contributed by atoms with Crippen LogP contribution in [-0.4, -0.2) is 20.2 Å². The highest BCUT2D eigenvalue weighted by Gasteiger charge is 2.27. The van der Waals surface area contributed by atoms with Gasteiger partial charge in [-0.15, -0.1) is 0 Å². The van der Waals surface area contributed by atoms with Crippen molar-refractivity contribution in [2.24, 2.45) is 0 Å². The molecule has 0 radical (unpaired) electrons. The predicted molar refractivity (Wildman–Crippen MR) is 176 cm³/mol. The highest BCUT2D eigenvalue weighted by atomic mass is 19.2. The van der Waals surface area contributed by atoms with E-state index in [-0.39, 0.29) is 39.4 Å². The molecule has 6 rings (SSSR count). The first-order chi connectivity index (χ1) is 23.0. The second kappa shape index (κ2) is 13.4. The summed E-state index contributed by atoms with van der Waals surface area (Å²) in [6.45, 7) is 9.12. The Morgan fingerprint density at radius 2 is 0.939 bits per heavy atom. The van der Waals surface area contributed by atoms with E-state index in [1.807, 2.05) is 0 Å². The first-order valence-corrected chi connectivity index (χ1v) is 15.2. The Balaban J connectivity index is 0.000000191. The van der Waals surface area contributed by atoms with Crippen molar-refractivity contribution in [2.45, 2.75) is 52.7 Å². The van der Waals surface area contributed by atoms with Crippen LogP contribution < -0.4 is 9.47 Å². The van der Waals surface area contributed by atoms with E-state index in [4.69, 9.17) is 9.47 Å². The van der Waals surface area contributed by atoms with E-state index in [1.54, 1.807) is 38.1 Å². The lowest BCUT2D eigenvalue weighted by Gasteiger charge is -2.22. The molecular weight excluding hydrogens is 643 g/mol. The fraction of sp³-hybridized carbons (Fsp3) is 0.211. The molecule has 2 heterocycles. The van der Waals surface area contributed by atoms with Gasteiger partial charge in [-0.2, -0.15) is 0 Å². The molecule has 4 aromatic carbocycles. The van der Waals surface area contributed by atoms with Crippen molar-refractivity contribution < 1.29 is 41.6 Å². The van der Waals surface area contributed by atoms with Crippen LogP contribution in [0, 0.1) is 42.9 Å². The maximum atomic E-state index is 14.2. The average Bonchev–Trinajstić information content (AvgIpc) is 3.00. The van der Waals surface area contributed by atoms with Gasteiger partial charge in [0.15, 0.2) is 11.6 Å². The van der Waals surface area contributed by atoms with Crippen molar-refractivity contribution in [1.82, 2.24) is 9.97 Å². The van der Waals surface area contributed by atoms with Gasteiger partial charge in [0.25, 0.3) is 0 Å². The molecule has 6 nitrogen and oxygen atoms in total. The molecular formula is C38H33F5N2O4. The fourth-order valence-corrected chi connectivity index (χ4v) is 5.30. The Morgan fingerprint density at radius 1 is 0.510 bits per heavy atom. The number of hydrogen-bond acceptors (Lipinski definition) is 6. The molecule has 0 amide bonds. The van der Waals surface area contributed by atoms with E-state index in [1.165, 1.54) is 76.2 Å². The average molecular weight is 677 g/mol. The molecule has 0 saturated carbocycles. The lowest BCUT2D eigenvalue weighted by molar-refractivity contribution is 0.0713. The quantitative estimate of drug-likeness (QED) is 0.171. The number of aryl methyl sites for hydroxylation is 2. The summed E-state index contributed by atoms with van der Waals surface area (Å²) in [6.07, 6.45) is 0. The number of aliphatic hydroxyl groups is 2. The molecule has 2 aromatic heterocycles. The number of ether oxygens (including phenoxy) is 2. The van der Waals surface area contributed by atoms with Crippen LogP contribution in [0.25, 0.3) is 21.8 Å². The minimum atomic E-state index is -1.46. The van der Waals surface area contributed by atoms with Crippen molar-refractivity contribution >= 4 is 21.8 Å². The third-order valence-corrected chi connectivity index (χ3v) is 7.58. The summed E-state index contributed by atoms with van der Waals surface area (Å²) < 4.78 is 80.9. The zero-order valence-corrected chi connectivity index (χ0v) is 27.5. The van der Waals surface area contributed by atoms with Crippen molar-refractivity contribution in [3.05, 3.63) is 130 Å². The highest BCUT2D eigenvalue weighted by molar-refractivity contribution is 5.82. The third-order valence-electron chi connectivity index (χ3n) is 7.58. The van der Waals surface area contributed by atoms with Crippen LogP contribution >= 0.6 is 0 Å². The van der Waals surface area contributed by atoms with Crippen LogP contribution in [0.4, 0.5) is 22.0 Å². The molecule has 6 aromatic rings. The van der Waals surface area contributed by atoms with Gasteiger partial charge in [-0.3, -0.25) is 0 Å². The van der Waals surface area contributed by atoms with E-state index in [0.29, 0.717) is 27.9 Å². The maximum Gasteiger partial charge on any atom is 0.184 e. The van der Waals surface area contributed by atoms with E-state index in [2.05, 4.69) is 9.97 Å². The third kappa shape index (κ3) is 7.48. The predicted octanol–water partition coefficient (Wildman–Crippen LogP) is 9.82. The summed E-state index contributed by atoms with van der Waals surface area (Å²) >= 11 is 0. The smallest absolute Gasteiger partial charge is 0.184 e. The monoisotopic (exact) mass is 676 g/mol. The molecule has 254 valence electrons. The van der Waals surface area contributed by atoms with Gasteiger partial charge in [-0.1, -0.05) is 24.3 Å². The lowest BCUT2D eigenvalue weighted by Crippen LogP contribution is -2.18. The lowest BCUT2D eigenvalue weighted by atomic mass is 9.96. The summed E-state index contributed by atoms with van der Waals surface area (Å²) in [5.74, 6) is -2.63. The standard InChI is InChI=1S/C19H16F3NO2.C19H17F2NO2/c1-10-15(9-11-7-8-13(21)17(22)18(11)23-10)25-14-6-4-5-12(20)16(14)19(2,3)24;1-11-16(10-12-6-4-8-14(21)18(12)22-11)24-15-9-5-7-13(20)17(15)19(2,3)23/h4-9,24H,1-3H3;4-10,23H,1-3H3. The number of aromatic nitrogens is 2. The van der Waals surface area contributed by atoms with Crippen LogP contribution in [0.5, 0.6) is 23.0 Å². The van der Waals surface area contributed by atoms with Gasteiger partial charge < -0.3 is 19.7 Å². The van der Waals surface area contributed by atoms with E-state index in [0.717, 1.165) is 6.07 Å². The number of benzene rings is 4. The number of para-hydroxylation sites is 1. The zero-order valence-electron chi connectivity index (χ0n) is 27.5. The van der Waals surface area contributed by atoms with Crippen LogP contribution in [0.2, 0.25) is 0 Å². The summed E-state index contributed by atoms with van der Waals surface area (Å²) in [7, 11) is 0. The maximum absolute atomic E-state index is 14.2. The van der Waals surface area contributed by atoms with Crippen molar-refractivity contribution in [2.75, 3.05) is 0 Å². The molecule has 0 spiro atoms. The minimum absolute atomic E-state index is 0.000200. The second-order valence-corrected chi connectivity index (χ2v) is 12.4. The number of hydrogen-bond donors (Lipinski definition) is 2. The van der Waals surface area contributed by atoms with Crippen LogP contribution in [0.15, 0.2) is 78.9 Å². The Bertz CT molecular complexity index is 2190. The Labute approximate surface area is 279 Å². The summed E-state index contributed by atoms with van der Waals surface area (Å²) in [5, 5.41) is 21.4. The van der Waals surface area contributed by atoms with Gasteiger partial charge in [-0.25, -0.2) is 31.9 Å². The highest BCUT2D eigenvalue weighted by Crippen LogP contribution is 2.38. The Hall–Kier alpha value is -5.13. The molecule has 0 bridgehead atoms. The summed E-state index contributed by atoms with van der Waals surface area (Å²) in [6, 6.07) is 18.7. The van der Waals surface area contributed by atoms with E-state index in [9.17, 15) is 32.2 Å². The fourth-order valence-electron chi connectivity index (χ4n) is 5.30. The molecule has 11 heteroatoms. The second-order valence-electron chi connectivity index (χ2n) is 12.4. The Morgan fingerprint density at radius 3 is 1.43 bits per heavy atom. The molecule has 2 N–H and O–H groups in total. The topological polar surface area (TPSA) is 84.7 Å². The molecule has 49 heavy (non-hydrogen) atoms. The molecule has 0 aliphatic heterocycles. The number of fused-ring (bicyclic) bond motifs is 2. The molecule has 0 atom stereocenters. The first-order valence-electron chi connectivity index (χ1n) is 15.2. The number of halogens is 5. The normalized spacial score (nSPS) is 11.8. The molecule has 0 unspecified atom stereocenters. The van der Waals surface area contributed by atoms with Crippen LogP contribution in [0.3, 0.4) is 0 Å². The number of pyridine rings is 2. The molecule has 0 aliphatic rings. The SMILES string of the molecule is Cc1nc2c(F)c(F)ccc2cc1Oc1cccc(F)c1C(C)(C)O.Cc1nc2c(F)cccc2cc1Oc1cccc(F)c1C(C)(C)O. The van der Waals surface area contributed by atoms with Crippen molar-refractivity contribution in [3.8, 4) is 23.0 Å². The molecule has 0 aliphatic carbocycles. The van der Waals surface area contributed by atoms with Crippen molar-refractivity contribution in [1.29, 1.82) is 0 Å². The number of nitrogens with zero attached hydrogens (tertiary/aromatic N) is 2. The van der Waals surface area contributed by atoms with Gasteiger partial charge in [0, 0.05) is 10.8 Å². The molecule has 0 saturated heterocycles. The minimum Gasteiger partial charge on any atom is -0.455 e. The summed E-state index contributed by atoms with van der Waals surface area (Å²) in [5.41, 5.74) is -1.89. The number of rotatable bonds is 6. The van der Waals surface area contributed by atoms with Crippen LogP contribution in [0.1, 0.15) is 50.2 Å². The first kappa shape index (κ1) is 35.2. The van der Waals surface area contributed by atoms with Gasteiger partial charge in [-0.05, 0) is 96.1 Å². The van der Waals surface area contributed by atoms with Gasteiger partial charge in [0.2, 0.25) is 0 Å². The van der Waals surface area contributed by atoms with Crippen molar-refractivity contribution in [3.63, 3.8) is 0 Å². The van der Waals surface area contributed by atoms with E-state index < -0.39 is 40.3 Å². The van der Waals surface area contributed by atoms with E-state index >= 15 is 0 Å². The Kier molecular flexibility index (Phi) is 9.63. The largest absolute Gasteiger partial charge is 0.455 e. The van der Waals surface area contributed by atoms with Gasteiger partial charge >= 0.3 is 0 Å². The zero-order chi connectivity index (χ0) is 35.8. The summed E-state index contributed by atoms with van der Waals surface area (Å²) in [4.78, 5) is 8.28. The molecule has 0 fully saturated rings. The van der Waals surface area contributed by atoms with Crippen LogP contribution in [-0.2, 0) is 11.2 Å². The van der Waals surface area contributed by atoms with Gasteiger partial charge in [0.05, 0.1) is 33.7 Å².